The van der Waals surface area contributed by atoms with Crippen molar-refractivity contribution in [3.05, 3.63) is 17.7 Å². The van der Waals surface area contributed by atoms with Crippen LogP contribution in [0.1, 0.15) is 37.7 Å². The van der Waals surface area contributed by atoms with Crippen molar-refractivity contribution < 1.29 is 0 Å². The van der Waals surface area contributed by atoms with E-state index in [4.69, 9.17) is 0 Å². The molecule has 2 aliphatic rings. The van der Waals surface area contributed by atoms with Crippen LogP contribution in [0.15, 0.2) is 11.2 Å². The maximum atomic E-state index is 4.68. The third-order valence-electron chi connectivity index (χ3n) is 4.05. The van der Waals surface area contributed by atoms with Crippen LogP contribution >= 0.6 is 24.0 Å². The van der Waals surface area contributed by atoms with Crippen molar-refractivity contribution in [3.63, 3.8) is 0 Å². The highest BCUT2D eigenvalue weighted by Gasteiger charge is 2.33. The predicted octanol–water partition coefficient (Wildman–Crippen LogP) is 1.91. The molecular weight excluding hydrogens is 365 g/mol. The molecule has 2 heterocycles. The van der Waals surface area contributed by atoms with Gasteiger partial charge in [0.2, 0.25) is 0 Å². The quantitative estimate of drug-likeness (QED) is 0.472. The molecule has 0 amide bonds. The van der Waals surface area contributed by atoms with Gasteiger partial charge in [0, 0.05) is 32.3 Å². The Balaban J connectivity index is 0.00000147. The van der Waals surface area contributed by atoms with Gasteiger partial charge in [-0.1, -0.05) is 6.92 Å². The molecule has 1 fully saturated rings. The molecule has 1 saturated carbocycles. The van der Waals surface area contributed by atoms with Gasteiger partial charge in [-0.05, 0) is 25.2 Å². The Kier molecular flexibility index (Phi) is 5.29. The standard InChI is InChI=1S/C14H23N5.HI/c1-10-7-12(10)18-14(15-2)16-8-11-9-19-6-4-3-5-13(19)17-11;/h9-10,12H,3-8H2,1-2H3,(H2,15,16,18);1H. The van der Waals surface area contributed by atoms with Crippen LogP contribution in [0.4, 0.5) is 0 Å². The zero-order valence-corrected chi connectivity index (χ0v) is 14.6. The summed E-state index contributed by atoms with van der Waals surface area (Å²) < 4.78 is 2.29. The first-order valence-electron chi connectivity index (χ1n) is 7.28. The second kappa shape index (κ2) is 6.78. The van der Waals surface area contributed by atoms with Crippen LogP contribution in [-0.2, 0) is 19.5 Å². The highest BCUT2D eigenvalue weighted by molar-refractivity contribution is 14.0. The van der Waals surface area contributed by atoms with E-state index in [1.165, 1.54) is 25.1 Å². The zero-order chi connectivity index (χ0) is 13.2. The van der Waals surface area contributed by atoms with Crippen molar-refractivity contribution in [2.45, 2.75) is 51.7 Å². The molecule has 1 aliphatic heterocycles. The predicted molar refractivity (Wildman–Crippen MR) is 91.5 cm³/mol. The van der Waals surface area contributed by atoms with E-state index in [1.54, 1.807) is 0 Å². The minimum Gasteiger partial charge on any atom is -0.353 e. The van der Waals surface area contributed by atoms with Crippen molar-refractivity contribution in [3.8, 4) is 0 Å². The lowest BCUT2D eigenvalue weighted by atomic mass is 10.2. The number of fused-ring (bicyclic) bond motifs is 1. The topological polar surface area (TPSA) is 54.2 Å². The van der Waals surface area contributed by atoms with Crippen LogP contribution in [0.25, 0.3) is 0 Å². The molecule has 0 radical (unpaired) electrons. The molecule has 0 aromatic carbocycles. The third kappa shape index (κ3) is 3.65. The van der Waals surface area contributed by atoms with E-state index in [0.717, 1.165) is 37.1 Å². The lowest BCUT2D eigenvalue weighted by Crippen LogP contribution is -2.38. The zero-order valence-electron chi connectivity index (χ0n) is 12.2. The van der Waals surface area contributed by atoms with E-state index < -0.39 is 0 Å². The molecule has 0 bridgehead atoms. The SMILES string of the molecule is CN=C(NCc1cn2c(n1)CCCC2)NC1CC1C.I. The number of hydrogen-bond acceptors (Lipinski definition) is 2. The molecule has 112 valence electrons. The van der Waals surface area contributed by atoms with Crippen LogP contribution < -0.4 is 10.6 Å². The Morgan fingerprint density at radius 2 is 2.30 bits per heavy atom. The van der Waals surface area contributed by atoms with Crippen LogP contribution in [0, 0.1) is 5.92 Å². The van der Waals surface area contributed by atoms with Crippen LogP contribution in [0.3, 0.4) is 0 Å². The first-order valence-corrected chi connectivity index (χ1v) is 7.28. The second-order valence-corrected chi connectivity index (χ2v) is 5.69. The van der Waals surface area contributed by atoms with E-state index >= 15 is 0 Å². The minimum atomic E-state index is 0. The lowest BCUT2D eigenvalue weighted by molar-refractivity contribution is 0.522. The van der Waals surface area contributed by atoms with Crippen molar-refractivity contribution in [2.75, 3.05) is 7.05 Å². The Hall–Kier alpha value is -0.790. The van der Waals surface area contributed by atoms with Crippen LogP contribution in [0.5, 0.6) is 0 Å². The molecule has 6 heteroatoms. The van der Waals surface area contributed by atoms with E-state index in [2.05, 4.69) is 38.3 Å². The molecule has 1 aromatic heterocycles. The molecule has 20 heavy (non-hydrogen) atoms. The van der Waals surface area contributed by atoms with Crippen molar-refractivity contribution in [2.24, 2.45) is 10.9 Å². The number of nitrogens with one attached hydrogen (secondary N) is 2. The normalized spacial score (nSPS) is 24.6. The van der Waals surface area contributed by atoms with E-state index in [-0.39, 0.29) is 24.0 Å². The number of nitrogens with zero attached hydrogens (tertiary/aromatic N) is 3. The maximum Gasteiger partial charge on any atom is 0.191 e. The summed E-state index contributed by atoms with van der Waals surface area (Å²) in [6.45, 7) is 4.13. The number of aliphatic imine (C=N–C) groups is 1. The summed E-state index contributed by atoms with van der Waals surface area (Å²) >= 11 is 0. The van der Waals surface area contributed by atoms with Crippen molar-refractivity contribution in [1.82, 2.24) is 20.2 Å². The highest BCUT2D eigenvalue weighted by Crippen LogP contribution is 2.28. The number of imidazole rings is 1. The van der Waals surface area contributed by atoms with Gasteiger partial charge >= 0.3 is 0 Å². The second-order valence-electron chi connectivity index (χ2n) is 5.69. The number of rotatable bonds is 3. The number of guanidine groups is 1. The van der Waals surface area contributed by atoms with Gasteiger partial charge < -0.3 is 15.2 Å². The van der Waals surface area contributed by atoms with Gasteiger partial charge in [-0.3, -0.25) is 4.99 Å². The first kappa shape index (κ1) is 15.6. The van der Waals surface area contributed by atoms with Crippen LogP contribution in [-0.4, -0.2) is 28.6 Å². The fourth-order valence-corrected chi connectivity index (χ4v) is 2.62. The fraction of sp³-hybridized carbons (Fsp3) is 0.714. The van der Waals surface area contributed by atoms with Crippen molar-refractivity contribution >= 4 is 29.9 Å². The van der Waals surface area contributed by atoms with Gasteiger partial charge in [-0.2, -0.15) is 0 Å². The molecule has 1 aliphatic carbocycles. The molecule has 1 aromatic rings. The van der Waals surface area contributed by atoms with E-state index in [1.807, 2.05) is 7.05 Å². The average Bonchev–Trinajstić information content (AvgIpc) is 2.96. The number of halogens is 1. The van der Waals surface area contributed by atoms with Gasteiger partial charge in [-0.15, -0.1) is 24.0 Å². The number of aryl methyl sites for hydroxylation is 2. The lowest BCUT2D eigenvalue weighted by Gasteiger charge is -2.11. The molecule has 0 spiro atoms. The number of hydrogen-bond donors (Lipinski definition) is 2. The van der Waals surface area contributed by atoms with Crippen LogP contribution in [0.2, 0.25) is 0 Å². The van der Waals surface area contributed by atoms with E-state index in [0.29, 0.717) is 6.04 Å². The summed E-state index contributed by atoms with van der Waals surface area (Å²) in [7, 11) is 1.82. The molecule has 2 unspecified atom stereocenters. The summed E-state index contributed by atoms with van der Waals surface area (Å²) in [4.78, 5) is 8.94. The van der Waals surface area contributed by atoms with Gasteiger partial charge in [0.1, 0.15) is 5.82 Å². The Morgan fingerprint density at radius 1 is 1.50 bits per heavy atom. The summed E-state index contributed by atoms with van der Waals surface area (Å²) in [6, 6.07) is 0.599. The molecule has 2 N–H and O–H groups in total. The fourth-order valence-electron chi connectivity index (χ4n) is 2.62. The van der Waals surface area contributed by atoms with E-state index in [9.17, 15) is 0 Å². The third-order valence-corrected chi connectivity index (χ3v) is 4.05. The average molecular weight is 389 g/mol. The number of aromatic nitrogens is 2. The Morgan fingerprint density at radius 3 is 2.95 bits per heavy atom. The maximum absolute atomic E-state index is 4.68. The molecule has 0 saturated heterocycles. The monoisotopic (exact) mass is 389 g/mol. The Bertz CT molecular complexity index is 458. The summed E-state index contributed by atoms with van der Waals surface area (Å²) in [5.41, 5.74) is 1.11. The Labute approximate surface area is 137 Å². The van der Waals surface area contributed by atoms with Gasteiger partial charge in [0.25, 0.3) is 0 Å². The smallest absolute Gasteiger partial charge is 0.191 e. The summed E-state index contributed by atoms with van der Waals surface area (Å²) in [5.74, 6) is 2.90. The minimum absolute atomic E-state index is 0. The highest BCUT2D eigenvalue weighted by atomic mass is 127. The molecule has 2 atom stereocenters. The van der Waals surface area contributed by atoms with Crippen molar-refractivity contribution in [1.29, 1.82) is 0 Å². The molecular formula is C14H24IN5. The largest absolute Gasteiger partial charge is 0.353 e. The molecule has 3 rings (SSSR count). The molecule has 5 nitrogen and oxygen atoms in total. The summed E-state index contributed by atoms with van der Waals surface area (Å²) in [5, 5.41) is 6.78. The van der Waals surface area contributed by atoms with Gasteiger partial charge in [0.15, 0.2) is 5.96 Å². The first-order chi connectivity index (χ1) is 9.26. The van der Waals surface area contributed by atoms with Gasteiger partial charge in [-0.25, -0.2) is 4.98 Å². The van der Waals surface area contributed by atoms with Gasteiger partial charge in [0.05, 0.1) is 12.2 Å². The summed E-state index contributed by atoms with van der Waals surface area (Å²) in [6.07, 6.45) is 7.09.